The van der Waals surface area contributed by atoms with E-state index >= 15 is 0 Å². The lowest BCUT2D eigenvalue weighted by atomic mass is 9.87. The van der Waals surface area contributed by atoms with Gasteiger partial charge in [0.15, 0.2) is 0 Å². The van der Waals surface area contributed by atoms with Gasteiger partial charge in [-0.05, 0) is 17.5 Å². The molecule has 1 amide bonds. The minimum Gasteiger partial charge on any atom is -0.330 e. The van der Waals surface area contributed by atoms with Gasteiger partial charge in [0.1, 0.15) is 5.56 Å². The number of aromatic amines is 1. The normalized spacial score (nSPS) is 19.5. The van der Waals surface area contributed by atoms with E-state index < -0.39 is 53.1 Å². The van der Waals surface area contributed by atoms with Gasteiger partial charge in [0.05, 0.1) is 17.6 Å². The van der Waals surface area contributed by atoms with Crippen LogP contribution in [0.25, 0.3) is 0 Å². The van der Waals surface area contributed by atoms with Gasteiger partial charge in [-0.3, -0.25) is 14.6 Å². The molecule has 2 aromatic rings. The van der Waals surface area contributed by atoms with Crippen LogP contribution in [0.3, 0.4) is 0 Å². The molecule has 1 saturated heterocycles. The molecule has 2 N–H and O–H groups in total. The van der Waals surface area contributed by atoms with E-state index in [1.54, 1.807) is 13.8 Å². The predicted octanol–water partition coefficient (Wildman–Crippen LogP) is 3.70. The fourth-order valence-corrected chi connectivity index (χ4v) is 3.95. The summed E-state index contributed by atoms with van der Waals surface area (Å²) in [5.41, 5.74) is -4.12. The summed E-state index contributed by atoms with van der Waals surface area (Å²) in [6, 6.07) is -1.50. The Labute approximate surface area is 187 Å². The topological polar surface area (TPSA) is 112 Å². The average Bonchev–Trinajstić information content (AvgIpc) is 2.76. The highest BCUT2D eigenvalue weighted by Crippen LogP contribution is 2.39. The number of carbonyl (C=O) groups excluding carboxylic acids is 1. The van der Waals surface area contributed by atoms with Gasteiger partial charge < -0.3 is 9.88 Å². The van der Waals surface area contributed by atoms with Gasteiger partial charge in [0.2, 0.25) is 5.95 Å². The van der Waals surface area contributed by atoms with Crippen molar-refractivity contribution in [1.82, 2.24) is 19.9 Å². The number of pyridine rings is 1. The van der Waals surface area contributed by atoms with Gasteiger partial charge in [-0.2, -0.15) is 31.6 Å². The predicted molar refractivity (Wildman–Crippen MR) is 104 cm³/mol. The van der Waals surface area contributed by atoms with Crippen LogP contribution in [-0.4, -0.2) is 50.3 Å². The molecular weight excluding hydrogens is 476 g/mol. The van der Waals surface area contributed by atoms with E-state index in [0.29, 0.717) is 18.5 Å². The van der Waals surface area contributed by atoms with Crippen LogP contribution in [0.4, 0.5) is 37.1 Å². The van der Waals surface area contributed by atoms with Crippen molar-refractivity contribution in [2.24, 2.45) is 5.92 Å². The summed E-state index contributed by atoms with van der Waals surface area (Å²) in [4.78, 5) is 39.7. The van der Waals surface area contributed by atoms with Gasteiger partial charge >= 0.3 is 18.4 Å². The van der Waals surface area contributed by atoms with Gasteiger partial charge in [-0.15, -0.1) is 0 Å². The van der Waals surface area contributed by atoms with Crippen LogP contribution in [0.2, 0.25) is 0 Å². The first-order valence-electron chi connectivity index (χ1n) is 9.83. The van der Waals surface area contributed by atoms with Crippen LogP contribution in [-0.2, 0) is 17.2 Å². The summed E-state index contributed by atoms with van der Waals surface area (Å²) < 4.78 is 79.0. The molecule has 2 aromatic heterocycles. The fraction of sp³-hybridized carbons (Fsp3) is 0.474. The van der Waals surface area contributed by atoms with Gasteiger partial charge in [0.25, 0.3) is 5.56 Å². The highest BCUT2D eigenvalue weighted by atomic mass is 19.4. The number of hydrogen-bond donors (Lipinski definition) is 2. The van der Waals surface area contributed by atoms with E-state index in [-0.39, 0.29) is 24.6 Å². The Morgan fingerprint density at radius 2 is 1.76 bits per heavy atom. The van der Waals surface area contributed by atoms with Gasteiger partial charge in [-0.25, -0.2) is 14.8 Å². The summed E-state index contributed by atoms with van der Waals surface area (Å²) in [7, 11) is 0. The maximum absolute atomic E-state index is 13.4. The molecule has 3 rings (SSSR count). The van der Waals surface area contributed by atoms with E-state index in [4.69, 9.17) is 5.26 Å². The molecule has 34 heavy (non-hydrogen) atoms. The lowest BCUT2D eigenvalue weighted by Crippen LogP contribution is -2.59. The minimum absolute atomic E-state index is 0.107. The molecule has 0 aromatic carbocycles. The zero-order chi connectivity index (χ0) is 25.4. The molecule has 1 fully saturated rings. The molecule has 1 aliphatic rings. The summed E-state index contributed by atoms with van der Waals surface area (Å²) >= 11 is 0. The molecule has 2 unspecified atom stereocenters. The SMILES string of the molecule is CC(C)C1C(c2c[nH]c(=O)c(C(F)(F)F)c2)N(c2ncc(C(F)(F)F)cn2)CCN1C(=O)OO. The van der Waals surface area contributed by atoms with Crippen molar-refractivity contribution < 1.29 is 41.3 Å². The van der Waals surface area contributed by atoms with E-state index in [1.807, 2.05) is 4.98 Å². The van der Waals surface area contributed by atoms with E-state index in [1.165, 1.54) is 4.90 Å². The third-order valence-corrected chi connectivity index (χ3v) is 5.39. The second-order valence-corrected chi connectivity index (χ2v) is 7.87. The van der Waals surface area contributed by atoms with Crippen LogP contribution < -0.4 is 10.5 Å². The second kappa shape index (κ2) is 9.12. The molecule has 186 valence electrons. The molecule has 2 atom stereocenters. The van der Waals surface area contributed by atoms with Crippen molar-refractivity contribution in [2.75, 3.05) is 18.0 Å². The highest BCUT2D eigenvalue weighted by molar-refractivity contribution is 5.68. The van der Waals surface area contributed by atoms with Crippen LogP contribution in [0.5, 0.6) is 0 Å². The maximum Gasteiger partial charge on any atom is 0.441 e. The molecule has 0 spiro atoms. The molecule has 3 heterocycles. The quantitative estimate of drug-likeness (QED) is 0.380. The summed E-state index contributed by atoms with van der Waals surface area (Å²) in [5.74, 6) is -0.692. The zero-order valence-corrected chi connectivity index (χ0v) is 17.7. The number of piperazine rings is 1. The average molecular weight is 495 g/mol. The zero-order valence-electron chi connectivity index (χ0n) is 17.7. The Bertz CT molecular complexity index is 1090. The lowest BCUT2D eigenvalue weighted by Gasteiger charge is -2.48. The number of nitrogens with one attached hydrogen (secondary N) is 1. The molecule has 1 aliphatic heterocycles. The van der Waals surface area contributed by atoms with E-state index in [2.05, 4.69) is 14.9 Å². The number of aromatic nitrogens is 3. The smallest absolute Gasteiger partial charge is 0.330 e. The van der Waals surface area contributed by atoms with Crippen molar-refractivity contribution >= 4 is 12.0 Å². The number of anilines is 1. The maximum atomic E-state index is 13.4. The van der Waals surface area contributed by atoms with Crippen LogP contribution in [0.15, 0.2) is 29.5 Å². The Balaban J connectivity index is 2.17. The first-order valence-corrected chi connectivity index (χ1v) is 9.83. The third kappa shape index (κ3) is 4.93. The third-order valence-electron chi connectivity index (χ3n) is 5.39. The Morgan fingerprint density at radius 1 is 1.15 bits per heavy atom. The number of hydrogen-bond acceptors (Lipinski definition) is 7. The summed E-state index contributed by atoms with van der Waals surface area (Å²) in [6.45, 7) is 3.04. The van der Waals surface area contributed by atoms with Crippen LogP contribution in [0.1, 0.15) is 36.6 Å². The minimum atomic E-state index is -5.00. The molecule has 0 aliphatic carbocycles. The van der Waals surface area contributed by atoms with Crippen molar-refractivity contribution in [3.8, 4) is 0 Å². The van der Waals surface area contributed by atoms with Gasteiger partial charge in [-0.1, -0.05) is 13.8 Å². The molecule has 0 saturated carbocycles. The van der Waals surface area contributed by atoms with Crippen molar-refractivity contribution in [3.63, 3.8) is 0 Å². The first-order chi connectivity index (χ1) is 15.8. The number of alkyl halides is 6. The van der Waals surface area contributed by atoms with Gasteiger partial charge in [0, 0.05) is 31.7 Å². The number of H-pyrrole nitrogens is 1. The monoisotopic (exact) mass is 495 g/mol. The van der Waals surface area contributed by atoms with Crippen molar-refractivity contribution in [2.45, 2.75) is 38.3 Å². The molecule has 9 nitrogen and oxygen atoms in total. The van der Waals surface area contributed by atoms with E-state index in [0.717, 1.165) is 11.1 Å². The number of amides is 1. The second-order valence-electron chi connectivity index (χ2n) is 7.87. The molecule has 0 radical (unpaired) electrons. The van der Waals surface area contributed by atoms with Crippen molar-refractivity contribution in [1.29, 1.82) is 0 Å². The Hall–Kier alpha value is -3.36. The largest absolute Gasteiger partial charge is 0.441 e. The standard InChI is InChI=1S/C19H19F6N5O4/c1-9(2)13-14(10-5-12(19(23,24)25)15(31)26-6-10)29(3-4-30(13)17(32)34-33)16-27-7-11(8-28-16)18(20,21)22/h5-9,13-14,33H,3-4H2,1-2H3,(H,26,31). The highest BCUT2D eigenvalue weighted by Gasteiger charge is 2.45. The number of halogens is 6. The summed E-state index contributed by atoms with van der Waals surface area (Å²) in [5, 5.41) is 8.89. The van der Waals surface area contributed by atoms with E-state index in [9.17, 15) is 35.9 Å². The summed E-state index contributed by atoms with van der Waals surface area (Å²) in [6.07, 6.45) is -8.79. The number of rotatable bonds is 3. The first kappa shape index (κ1) is 25.3. The number of nitrogens with zero attached hydrogens (tertiary/aromatic N) is 4. The molecule has 0 bridgehead atoms. The molecule has 15 heteroatoms. The van der Waals surface area contributed by atoms with Crippen molar-refractivity contribution in [3.05, 3.63) is 51.7 Å². The lowest BCUT2D eigenvalue weighted by molar-refractivity contribution is -0.192. The number of carbonyl (C=O) groups is 1. The molecular formula is C19H19F6N5O4. The fourth-order valence-electron chi connectivity index (χ4n) is 3.95. The Kier molecular flexibility index (Phi) is 6.78. The van der Waals surface area contributed by atoms with Crippen LogP contribution >= 0.6 is 0 Å². The van der Waals surface area contributed by atoms with Crippen LogP contribution in [0, 0.1) is 5.92 Å². The Morgan fingerprint density at radius 3 is 2.26 bits per heavy atom.